The van der Waals surface area contributed by atoms with Crippen LogP contribution >= 0.6 is 0 Å². The van der Waals surface area contributed by atoms with Crippen LogP contribution in [0.2, 0.25) is 0 Å². The number of rotatable bonds is 10. The minimum atomic E-state index is -1.00. The first-order chi connectivity index (χ1) is 18.4. The molecule has 0 saturated heterocycles. The number of aliphatic hydroxyl groups is 1. The van der Waals surface area contributed by atoms with Crippen LogP contribution in [0.1, 0.15) is 61.1 Å². The van der Waals surface area contributed by atoms with Crippen LogP contribution in [-0.4, -0.2) is 34.6 Å². The molecule has 1 aliphatic rings. The summed E-state index contributed by atoms with van der Waals surface area (Å²) in [5.41, 5.74) is 2.86. The maximum Gasteiger partial charge on any atom is 0.305 e. The highest BCUT2D eigenvalue weighted by Gasteiger charge is 2.14. The predicted octanol–water partition coefficient (Wildman–Crippen LogP) is 6.11. The molecule has 3 N–H and O–H groups in total. The molecular formula is C31H34N2O5. The molecule has 3 aromatic carbocycles. The van der Waals surface area contributed by atoms with E-state index in [-0.39, 0.29) is 19.1 Å². The summed E-state index contributed by atoms with van der Waals surface area (Å²) < 4.78 is 11.4. The van der Waals surface area contributed by atoms with Crippen molar-refractivity contribution in [1.82, 2.24) is 0 Å². The quantitative estimate of drug-likeness (QED) is 0.281. The topological polar surface area (TPSA) is 124 Å². The molecule has 0 aliphatic heterocycles. The lowest BCUT2D eigenvalue weighted by atomic mass is 9.97. The molecule has 7 nitrogen and oxygen atoms in total. The van der Waals surface area contributed by atoms with Gasteiger partial charge in [0, 0.05) is 0 Å². The number of nitrogens with zero attached hydrogens (tertiary/aromatic N) is 1. The average molecular weight is 515 g/mol. The smallest absolute Gasteiger partial charge is 0.305 e. The van der Waals surface area contributed by atoms with E-state index in [0.717, 1.165) is 24.0 Å². The normalized spacial score (nSPS) is 13.8. The molecule has 198 valence electrons. The fourth-order valence-electron chi connectivity index (χ4n) is 4.02. The van der Waals surface area contributed by atoms with Crippen molar-refractivity contribution < 1.29 is 24.5 Å². The van der Waals surface area contributed by atoms with Gasteiger partial charge < -0.3 is 25.1 Å². The number of carboxylic acids is 1. The zero-order chi connectivity index (χ0) is 27.2. The number of ether oxygens (including phenoxy) is 2. The summed E-state index contributed by atoms with van der Waals surface area (Å²) in [6.45, 7) is 0.550. The molecule has 1 fully saturated rings. The van der Waals surface area contributed by atoms with E-state index in [4.69, 9.17) is 30.4 Å². The SMILES string of the molecule is N#CC(CC(=O)O)c1ccc(OCc2ccc(OCC(=N)c3ccccc3)cc2)cc1.OC1CCCCC1. The van der Waals surface area contributed by atoms with Crippen LogP contribution in [0, 0.1) is 16.7 Å². The number of hydrogen-bond donors (Lipinski definition) is 3. The van der Waals surface area contributed by atoms with Crippen LogP contribution in [0.25, 0.3) is 0 Å². The highest BCUT2D eigenvalue weighted by atomic mass is 16.5. The number of nitriles is 1. The Bertz CT molecular complexity index is 1180. The Morgan fingerprint density at radius 3 is 2.08 bits per heavy atom. The molecule has 0 aromatic heterocycles. The van der Waals surface area contributed by atoms with Crippen molar-refractivity contribution in [2.45, 2.75) is 57.2 Å². The monoisotopic (exact) mass is 514 g/mol. The van der Waals surface area contributed by atoms with Gasteiger partial charge in [-0.1, -0.05) is 73.9 Å². The fourth-order valence-corrected chi connectivity index (χ4v) is 4.02. The minimum Gasteiger partial charge on any atom is -0.489 e. The van der Waals surface area contributed by atoms with Crippen molar-refractivity contribution >= 4 is 11.7 Å². The van der Waals surface area contributed by atoms with Gasteiger partial charge in [0.2, 0.25) is 0 Å². The van der Waals surface area contributed by atoms with Crippen molar-refractivity contribution in [2.75, 3.05) is 6.61 Å². The third-order valence-corrected chi connectivity index (χ3v) is 6.23. The van der Waals surface area contributed by atoms with Gasteiger partial charge in [-0.25, -0.2) is 0 Å². The summed E-state index contributed by atoms with van der Waals surface area (Å²) in [6, 6.07) is 25.8. The second kappa shape index (κ2) is 15.2. The standard InChI is InChI=1S/C25H22N2O4.C6H12O/c26-15-21(14-25(28)29)19-8-12-23(13-9-19)30-16-18-6-10-22(11-7-18)31-17-24(27)20-4-2-1-3-5-20;7-6-4-2-1-3-5-6/h1-13,21,27H,14,16-17H2,(H,28,29);6-7H,1-5H2. The molecule has 7 heteroatoms. The van der Waals surface area contributed by atoms with Gasteiger partial charge in [0.05, 0.1) is 30.2 Å². The van der Waals surface area contributed by atoms with Gasteiger partial charge in [-0.15, -0.1) is 0 Å². The number of carboxylic acid groups (broad SMARTS) is 1. The number of benzene rings is 3. The molecule has 0 amide bonds. The van der Waals surface area contributed by atoms with Crippen LogP contribution in [0.15, 0.2) is 78.9 Å². The fraction of sp³-hybridized carbons (Fsp3) is 0.323. The third-order valence-electron chi connectivity index (χ3n) is 6.23. The Morgan fingerprint density at radius 2 is 1.53 bits per heavy atom. The Kier molecular flexibility index (Phi) is 11.4. The Labute approximate surface area is 223 Å². The van der Waals surface area contributed by atoms with E-state index in [1.165, 1.54) is 19.3 Å². The van der Waals surface area contributed by atoms with Gasteiger partial charge >= 0.3 is 5.97 Å². The number of aliphatic carboxylic acids is 1. The highest BCUT2D eigenvalue weighted by Crippen LogP contribution is 2.23. The first-order valence-corrected chi connectivity index (χ1v) is 12.8. The maximum atomic E-state index is 10.8. The molecule has 1 aliphatic carbocycles. The van der Waals surface area contributed by atoms with Crippen molar-refractivity contribution in [3.05, 3.63) is 95.6 Å². The Morgan fingerprint density at radius 1 is 0.921 bits per heavy atom. The average Bonchev–Trinajstić information content (AvgIpc) is 2.95. The highest BCUT2D eigenvalue weighted by molar-refractivity contribution is 5.99. The molecule has 0 heterocycles. The maximum absolute atomic E-state index is 10.8. The van der Waals surface area contributed by atoms with Crippen molar-refractivity contribution in [3.8, 4) is 17.6 Å². The summed E-state index contributed by atoms with van der Waals surface area (Å²) in [5.74, 6) is -0.374. The molecule has 38 heavy (non-hydrogen) atoms. The largest absolute Gasteiger partial charge is 0.489 e. The number of aliphatic hydroxyl groups excluding tert-OH is 1. The zero-order valence-electron chi connectivity index (χ0n) is 21.4. The number of hydrogen-bond acceptors (Lipinski definition) is 6. The summed E-state index contributed by atoms with van der Waals surface area (Å²) >= 11 is 0. The van der Waals surface area contributed by atoms with E-state index in [1.807, 2.05) is 60.7 Å². The number of nitrogens with one attached hydrogen (secondary N) is 1. The van der Waals surface area contributed by atoms with E-state index in [0.29, 0.717) is 29.4 Å². The number of carbonyl (C=O) groups is 1. The van der Waals surface area contributed by atoms with E-state index < -0.39 is 11.9 Å². The lowest BCUT2D eigenvalue weighted by molar-refractivity contribution is -0.137. The van der Waals surface area contributed by atoms with Crippen LogP contribution in [0.3, 0.4) is 0 Å². The van der Waals surface area contributed by atoms with E-state index >= 15 is 0 Å². The molecule has 0 radical (unpaired) electrons. The van der Waals surface area contributed by atoms with Gasteiger partial charge in [-0.3, -0.25) is 4.79 Å². The van der Waals surface area contributed by atoms with Crippen LogP contribution in [0.5, 0.6) is 11.5 Å². The summed E-state index contributed by atoms with van der Waals surface area (Å²) in [7, 11) is 0. The van der Waals surface area contributed by atoms with Crippen LogP contribution in [0.4, 0.5) is 0 Å². The first-order valence-electron chi connectivity index (χ1n) is 12.8. The molecule has 4 rings (SSSR count). The molecular weight excluding hydrogens is 480 g/mol. The second-order valence-electron chi connectivity index (χ2n) is 9.21. The predicted molar refractivity (Wildman–Crippen MR) is 146 cm³/mol. The first kappa shape index (κ1) is 28.4. The van der Waals surface area contributed by atoms with Crippen molar-refractivity contribution in [2.24, 2.45) is 0 Å². The second-order valence-corrected chi connectivity index (χ2v) is 9.21. The molecule has 1 unspecified atom stereocenters. The van der Waals surface area contributed by atoms with Gasteiger partial charge in [-0.2, -0.15) is 5.26 Å². The van der Waals surface area contributed by atoms with E-state index in [9.17, 15) is 4.79 Å². The molecule has 1 saturated carbocycles. The summed E-state index contributed by atoms with van der Waals surface area (Å²) in [4.78, 5) is 10.8. The van der Waals surface area contributed by atoms with Crippen molar-refractivity contribution in [3.63, 3.8) is 0 Å². The van der Waals surface area contributed by atoms with Crippen LogP contribution in [-0.2, 0) is 11.4 Å². The van der Waals surface area contributed by atoms with E-state index in [2.05, 4.69) is 0 Å². The zero-order valence-corrected chi connectivity index (χ0v) is 21.4. The molecule has 0 spiro atoms. The van der Waals surface area contributed by atoms with Gasteiger partial charge in [0.25, 0.3) is 0 Å². The summed E-state index contributed by atoms with van der Waals surface area (Å²) in [6.07, 6.45) is 5.70. The third kappa shape index (κ3) is 9.72. The lowest BCUT2D eigenvalue weighted by Gasteiger charge is -2.14. The van der Waals surface area contributed by atoms with E-state index in [1.54, 1.807) is 24.3 Å². The molecule has 0 bridgehead atoms. The van der Waals surface area contributed by atoms with Crippen LogP contribution < -0.4 is 9.47 Å². The summed E-state index contributed by atoms with van der Waals surface area (Å²) in [5, 5.41) is 35.0. The van der Waals surface area contributed by atoms with Gasteiger partial charge in [0.15, 0.2) is 0 Å². The minimum absolute atomic E-state index is 0.0359. The Hall–Kier alpha value is -4.15. The molecule has 3 aromatic rings. The van der Waals surface area contributed by atoms with Gasteiger partial charge in [-0.05, 0) is 53.8 Å². The lowest BCUT2D eigenvalue weighted by Crippen LogP contribution is -2.11. The van der Waals surface area contributed by atoms with Crippen molar-refractivity contribution in [1.29, 1.82) is 10.7 Å². The molecule has 1 atom stereocenters. The Balaban J connectivity index is 0.000000494. The van der Waals surface area contributed by atoms with Gasteiger partial charge in [0.1, 0.15) is 24.7 Å².